The zero-order valence-corrected chi connectivity index (χ0v) is 17.0. The molecule has 1 aromatic carbocycles. The third-order valence-electron chi connectivity index (χ3n) is 5.21. The van der Waals surface area contributed by atoms with Gasteiger partial charge in [-0.25, -0.2) is 0 Å². The smallest absolute Gasteiger partial charge is 0.265 e. The van der Waals surface area contributed by atoms with Crippen molar-refractivity contribution < 1.29 is 9.59 Å². The van der Waals surface area contributed by atoms with E-state index in [1.165, 1.54) is 21.1 Å². The maximum Gasteiger partial charge on any atom is 0.265 e. The maximum absolute atomic E-state index is 12.3. The molecule has 140 valence electrons. The number of thiocarbonyl (C=S) groups is 1. The lowest BCUT2D eigenvalue weighted by Crippen LogP contribution is -2.52. The van der Waals surface area contributed by atoms with Crippen molar-refractivity contribution >= 4 is 34.8 Å². The number of allylic oxidation sites excluding steroid dienone is 5. The van der Waals surface area contributed by atoms with Crippen LogP contribution in [0.15, 0.2) is 59.8 Å². The van der Waals surface area contributed by atoms with Crippen molar-refractivity contribution in [2.24, 2.45) is 0 Å². The molecule has 0 atom stereocenters. The molecule has 2 aliphatic heterocycles. The molecule has 1 aromatic rings. The van der Waals surface area contributed by atoms with Gasteiger partial charge in [0.2, 0.25) is 0 Å². The molecular weight excluding hydrogens is 358 g/mol. The Kier molecular flexibility index (Phi) is 4.78. The number of nitrogens with zero attached hydrogens (tertiary/aromatic N) is 3. The molecule has 0 aromatic heterocycles. The number of hydrogen-bond acceptors (Lipinski definition) is 4. The molecule has 3 rings (SSSR count). The van der Waals surface area contributed by atoms with E-state index < -0.39 is 0 Å². The van der Waals surface area contributed by atoms with Crippen LogP contribution in [0.25, 0.3) is 0 Å². The average Bonchev–Trinajstić information content (AvgIpc) is 2.84. The van der Waals surface area contributed by atoms with Crippen molar-refractivity contribution in [1.82, 2.24) is 9.80 Å². The minimum Gasteiger partial charge on any atom is -0.347 e. The first kappa shape index (κ1) is 19.0. The van der Waals surface area contributed by atoms with E-state index in [1.807, 2.05) is 25.3 Å². The summed E-state index contributed by atoms with van der Waals surface area (Å²) in [5.74, 6) is -0.766. The fourth-order valence-electron chi connectivity index (χ4n) is 3.59. The van der Waals surface area contributed by atoms with Crippen molar-refractivity contribution in [3.05, 3.63) is 65.4 Å². The Bertz CT molecular complexity index is 901. The van der Waals surface area contributed by atoms with E-state index in [0.717, 1.165) is 5.70 Å². The highest BCUT2D eigenvalue weighted by atomic mass is 32.1. The van der Waals surface area contributed by atoms with Crippen LogP contribution in [0, 0.1) is 0 Å². The molecule has 2 aliphatic rings. The Hall–Kier alpha value is -2.73. The van der Waals surface area contributed by atoms with Gasteiger partial charge in [-0.1, -0.05) is 44.2 Å². The van der Waals surface area contributed by atoms with E-state index in [-0.39, 0.29) is 27.9 Å². The van der Waals surface area contributed by atoms with E-state index in [4.69, 9.17) is 12.2 Å². The predicted molar refractivity (Wildman–Crippen MR) is 111 cm³/mol. The van der Waals surface area contributed by atoms with Crippen LogP contribution >= 0.6 is 12.2 Å². The summed E-state index contributed by atoms with van der Waals surface area (Å²) in [6.45, 7) is 4.37. The van der Waals surface area contributed by atoms with Crippen molar-refractivity contribution in [3.8, 4) is 0 Å². The normalized spacial score (nSPS) is 20.9. The van der Waals surface area contributed by atoms with Gasteiger partial charge in [-0.05, 0) is 36.0 Å². The van der Waals surface area contributed by atoms with Crippen LogP contribution in [-0.4, -0.2) is 47.9 Å². The number of likely N-dealkylation sites (N-methyl/N-ethyl adjacent to an activating group) is 3. The standard InChI is InChI=1S/C21H23N3O2S/c1-21(2)15-11-7-8-12-16(15)22(3)17(21)13-9-6-10-14-18(25)23(4)20(27)24(5)19(14)26/h6-13H,1-5H3/b9-6+,17-13+. The zero-order valence-electron chi connectivity index (χ0n) is 16.2. The first-order valence-corrected chi connectivity index (χ1v) is 9.11. The molecule has 0 N–H and O–H groups in total. The summed E-state index contributed by atoms with van der Waals surface area (Å²) in [7, 11) is 5.19. The molecule has 0 saturated carbocycles. The molecule has 0 bridgehead atoms. The number of anilines is 1. The fourth-order valence-corrected chi connectivity index (χ4v) is 3.76. The van der Waals surface area contributed by atoms with Gasteiger partial charge in [0.25, 0.3) is 11.8 Å². The third-order valence-corrected chi connectivity index (χ3v) is 5.76. The van der Waals surface area contributed by atoms with E-state index in [0.29, 0.717) is 0 Å². The van der Waals surface area contributed by atoms with Crippen LogP contribution < -0.4 is 4.90 Å². The highest BCUT2D eigenvalue weighted by molar-refractivity contribution is 7.80. The summed E-state index contributed by atoms with van der Waals surface area (Å²) in [6, 6.07) is 8.34. The molecule has 2 heterocycles. The van der Waals surface area contributed by atoms with Crippen molar-refractivity contribution in [2.45, 2.75) is 19.3 Å². The van der Waals surface area contributed by atoms with Crippen LogP contribution in [-0.2, 0) is 15.0 Å². The largest absolute Gasteiger partial charge is 0.347 e. The molecule has 2 amide bonds. The molecule has 1 saturated heterocycles. The van der Waals surface area contributed by atoms with Gasteiger partial charge in [-0.15, -0.1) is 0 Å². The summed E-state index contributed by atoms with van der Waals surface area (Å²) in [4.78, 5) is 29.4. The second-order valence-corrected chi connectivity index (χ2v) is 7.59. The van der Waals surface area contributed by atoms with E-state index in [9.17, 15) is 9.59 Å². The molecule has 1 fully saturated rings. The second-order valence-electron chi connectivity index (χ2n) is 7.23. The highest BCUT2D eigenvalue weighted by Crippen LogP contribution is 2.46. The summed E-state index contributed by atoms with van der Waals surface area (Å²) in [5, 5.41) is 0.209. The summed E-state index contributed by atoms with van der Waals surface area (Å²) >= 11 is 5.09. The number of carbonyl (C=O) groups excluding carboxylic acids is 2. The van der Waals surface area contributed by atoms with Crippen LogP contribution in [0.4, 0.5) is 5.69 Å². The number of carbonyl (C=O) groups is 2. The van der Waals surface area contributed by atoms with Gasteiger partial charge in [-0.3, -0.25) is 19.4 Å². The zero-order chi connectivity index (χ0) is 19.9. The first-order chi connectivity index (χ1) is 12.7. The van der Waals surface area contributed by atoms with Gasteiger partial charge in [0, 0.05) is 37.9 Å². The predicted octanol–water partition coefficient (Wildman–Crippen LogP) is 3.00. The number of benzene rings is 1. The van der Waals surface area contributed by atoms with Crippen LogP contribution in [0.3, 0.4) is 0 Å². The highest BCUT2D eigenvalue weighted by Gasteiger charge is 2.38. The maximum atomic E-state index is 12.3. The van der Waals surface area contributed by atoms with Gasteiger partial charge in [0.1, 0.15) is 5.57 Å². The molecule has 0 radical (unpaired) electrons. The Morgan fingerprint density at radius 2 is 1.44 bits per heavy atom. The lowest BCUT2D eigenvalue weighted by Gasteiger charge is -2.31. The van der Waals surface area contributed by atoms with Gasteiger partial charge in [0.15, 0.2) is 5.11 Å². The lowest BCUT2D eigenvalue weighted by molar-refractivity contribution is -0.132. The van der Waals surface area contributed by atoms with Crippen LogP contribution in [0.2, 0.25) is 0 Å². The number of rotatable bonds is 2. The topological polar surface area (TPSA) is 43.9 Å². The molecule has 0 unspecified atom stereocenters. The molecule has 0 aliphatic carbocycles. The molecule has 27 heavy (non-hydrogen) atoms. The van der Waals surface area contributed by atoms with Crippen LogP contribution in [0.5, 0.6) is 0 Å². The lowest BCUT2D eigenvalue weighted by atomic mass is 9.84. The van der Waals surface area contributed by atoms with E-state index in [2.05, 4.69) is 36.9 Å². The van der Waals surface area contributed by atoms with E-state index in [1.54, 1.807) is 26.2 Å². The Labute approximate surface area is 165 Å². The number of fused-ring (bicyclic) bond motifs is 1. The Morgan fingerprint density at radius 3 is 2.04 bits per heavy atom. The average molecular weight is 382 g/mol. The quantitative estimate of drug-likeness (QED) is 0.449. The first-order valence-electron chi connectivity index (χ1n) is 8.70. The number of hydrogen-bond donors (Lipinski definition) is 0. The number of amides is 2. The molecule has 0 spiro atoms. The summed E-state index contributed by atoms with van der Waals surface area (Å²) in [5.41, 5.74) is 3.60. The third kappa shape index (κ3) is 3.00. The minimum atomic E-state index is -0.383. The van der Waals surface area contributed by atoms with E-state index >= 15 is 0 Å². The second kappa shape index (κ2) is 6.78. The van der Waals surface area contributed by atoms with Gasteiger partial charge in [-0.2, -0.15) is 0 Å². The Morgan fingerprint density at radius 1 is 0.889 bits per heavy atom. The van der Waals surface area contributed by atoms with Crippen molar-refractivity contribution in [3.63, 3.8) is 0 Å². The van der Waals surface area contributed by atoms with Crippen molar-refractivity contribution in [1.29, 1.82) is 0 Å². The van der Waals surface area contributed by atoms with Crippen LogP contribution in [0.1, 0.15) is 19.4 Å². The fraction of sp³-hybridized carbons (Fsp3) is 0.286. The number of para-hydroxylation sites is 1. The van der Waals surface area contributed by atoms with Gasteiger partial charge in [0.05, 0.1) is 0 Å². The minimum absolute atomic E-state index is 0.102. The summed E-state index contributed by atoms with van der Waals surface area (Å²) in [6.07, 6.45) is 7.15. The monoisotopic (exact) mass is 381 g/mol. The Balaban J connectivity index is 1.87. The summed E-state index contributed by atoms with van der Waals surface area (Å²) < 4.78 is 0. The molecule has 6 heteroatoms. The van der Waals surface area contributed by atoms with Crippen molar-refractivity contribution in [2.75, 3.05) is 26.0 Å². The SMILES string of the molecule is CN1C(=O)C(=C/C=C/C=C2/N(C)c3ccccc3C2(C)C)C(=O)N(C)C1=S. The molecule has 5 nitrogen and oxygen atoms in total. The van der Waals surface area contributed by atoms with Gasteiger partial charge < -0.3 is 4.90 Å². The van der Waals surface area contributed by atoms with Gasteiger partial charge >= 0.3 is 0 Å². The molecular formula is C21H23N3O2S.